The summed E-state index contributed by atoms with van der Waals surface area (Å²) < 4.78 is 11.3. The molecule has 1 unspecified atom stereocenters. The maximum absolute atomic E-state index is 13.6. The normalized spacial score (nSPS) is 15.6. The average molecular weight is 476 g/mol. The second kappa shape index (κ2) is 9.04. The molecule has 160 valence electrons. The van der Waals surface area contributed by atoms with Gasteiger partial charge in [0, 0.05) is 17.2 Å². The van der Waals surface area contributed by atoms with Crippen LogP contribution >= 0.6 is 15.9 Å². The van der Waals surface area contributed by atoms with Crippen molar-refractivity contribution < 1.29 is 19.1 Å². The first kappa shape index (κ1) is 22.1. The lowest BCUT2D eigenvalue weighted by Crippen LogP contribution is -2.53. The molecule has 2 amide bonds. The summed E-state index contributed by atoms with van der Waals surface area (Å²) in [7, 11) is 1.49. The van der Waals surface area contributed by atoms with Gasteiger partial charge in [-0.2, -0.15) is 0 Å². The van der Waals surface area contributed by atoms with Crippen molar-refractivity contribution >= 4 is 39.3 Å². The van der Waals surface area contributed by atoms with Crippen LogP contribution in [-0.2, 0) is 4.74 Å². The largest absolute Gasteiger partial charge is 0.480 e. The first-order chi connectivity index (χ1) is 14.3. The number of ether oxygens (including phenoxy) is 2. The molecular formula is C22H26BrN3O4. The van der Waals surface area contributed by atoms with Crippen molar-refractivity contribution in [2.24, 2.45) is 0 Å². The van der Waals surface area contributed by atoms with Crippen LogP contribution in [0.4, 0.5) is 16.2 Å². The number of carbonyl (C=O) groups is 2. The summed E-state index contributed by atoms with van der Waals surface area (Å²) in [5.41, 5.74) is 3.77. The van der Waals surface area contributed by atoms with E-state index in [-0.39, 0.29) is 24.4 Å². The molecule has 30 heavy (non-hydrogen) atoms. The molecule has 1 aliphatic rings. The predicted molar refractivity (Wildman–Crippen MR) is 120 cm³/mol. The summed E-state index contributed by atoms with van der Waals surface area (Å²) in [4.78, 5) is 34.0. The van der Waals surface area contributed by atoms with E-state index in [1.54, 1.807) is 29.0 Å². The number of amides is 2. The molecule has 2 heterocycles. The minimum absolute atomic E-state index is 0.214. The first-order valence-corrected chi connectivity index (χ1v) is 10.7. The van der Waals surface area contributed by atoms with E-state index in [2.05, 4.69) is 20.9 Å². The first-order valence-electron chi connectivity index (χ1n) is 9.90. The second-order valence-electron chi connectivity index (χ2n) is 7.18. The number of halogens is 1. The van der Waals surface area contributed by atoms with Gasteiger partial charge in [0.25, 0.3) is 5.91 Å². The summed E-state index contributed by atoms with van der Waals surface area (Å²) in [6, 6.07) is 5.38. The van der Waals surface area contributed by atoms with Crippen molar-refractivity contribution in [1.29, 1.82) is 0 Å². The number of anilines is 2. The molecule has 8 heteroatoms. The molecule has 0 saturated heterocycles. The molecule has 1 aromatic carbocycles. The number of hydrogen-bond donors (Lipinski definition) is 0. The van der Waals surface area contributed by atoms with Crippen LogP contribution in [-0.4, -0.2) is 43.3 Å². The van der Waals surface area contributed by atoms with E-state index in [4.69, 9.17) is 9.47 Å². The topological polar surface area (TPSA) is 72.0 Å². The molecule has 3 rings (SSSR count). The Bertz CT molecular complexity index is 979. The van der Waals surface area contributed by atoms with Crippen molar-refractivity contribution in [2.75, 3.05) is 30.1 Å². The Morgan fingerprint density at radius 3 is 2.43 bits per heavy atom. The standard InChI is InChI=1S/C22H26BrN3O4/c1-6-16-12-25(21(27)17-10-15(23)11-24-20(17)29-5)18-8-13(3)14(4)9-19(18)26(16)22(28)30-7-2/h8-11,16H,6-7,12H2,1-5H3. The maximum atomic E-state index is 13.6. The van der Waals surface area contributed by atoms with Crippen molar-refractivity contribution in [1.82, 2.24) is 4.98 Å². The second-order valence-corrected chi connectivity index (χ2v) is 8.10. The zero-order chi connectivity index (χ0) is 22.0. The Hall–Kier alpha value is -2.61. The smallest absolute Gasteiger partial charge is 0.414 e. The predicted octanol–water partition coefficient (Wildman–Crippen LogP) is 4.87. The molecule has 2 aromatic rings. The van der Waals surface area contributed by atoms with Gasteiger partial charge in [-0.3, -0.25) is 9.69 Å². The van der Waals surface area contributed by atoms with Crippen molar-refractivity contribution in [3.05, 3.63) is 45.6 Å². The number of aromatic nitrogens is 1. The van der Waals surface area contributed by atoms with Crippen LogP contribution in [0.25, 0.3) is 0 Å². The van der Waals surface area contributed by atoms with Gasteiger partial charge >= 0.3 is 6.09 Å². The van der Waals surface area contributed by atoms with Gasteiger partial charge in [0.2, 0.25) is 5.88 Å². The third-order valence-electron chi connectivity index (χ3n) is 5.32. The SMILES string of the molecule is CCOC(=O)N1c2cc(C)c(C)cc2N(C(=O)c2cc(Br)cnc2OC)CC1CC. The van der Waals surface area contributed by atoms with Crippen LogP contribution in [0.2, 0.25) is 0 Å². The third kappa shape index (κ3) is 4.01. The van der Waals surface area contributed by atoms with Crippen molar-refractivity contribution in [2.45, 2.75) is 40.2 Å². The van der Waals surface area contributed by atoms with Gasteiger partial charge in [-0.15, -0.1) is 0 Å². The van der Waals surface area contributed by atoms with Crippen LogP contribution in [0.15, 0.2) is 28.9 Å². The van der Waals surface area contributed by atoms with Crippen LogP contribution in [0, 0.1) is 13.8 Å². The van der Waals surface area contributed by atoms with Crippen LogP contribution in [0.5, 0.6) is 5.88 Å². The number of fused-ring (bicyclic) bond motifs is 1. The fourth-order valence-electron chi connectivity index (χ4n) is 3.61. The van der Waals surface area contributed by atoms with Crippen LogP contribution < -0.4 is 14.5 Å². The van der Waals surface area contributed by atoms with E-state index in [9.17, 15) is 9.59 Å². The monoisotopic (exact) mass is 475 g/mol. The summed E-state index contributed by atoms with van der Waals surface area (Å²) in [6.45, 7) is 8.39. The number of nitrogens with zero attached hydrogens (tertiary/aromatic N) is 3. The lowest BCUT2D eigenvalue weighted by atomic mass is 9.99. The van der Waals surface area contributed by atoms with E-state index in [0.717, 1.165) is 11.1 Å². The molecule has 1 atom stereocenters. The molecular weight excluding hydrogens is 450 g/mol. The number of benzene rings is 1. The molecule has 0 aliphatic carbocycles. The zero-order valence-electron chi connectivity index (χ0n) is 17.9. The average Bonchev–Trinajstić information content (AvgIpc) is 2.73. The van der Waals surface area contributed by atoms with E-state index in [1.165, 1.54) is 7.11 Å². The highest BCUT2D eigenvalue weighted by atomic mass is 79.9. The molecule has 0 bridgehead atoms. The van der Waals surface area contributed by atoms with Crippen LogP contribution in [0.3, 0.4) is 0 Å². The fraction of sp³-hybridized carbons (Fsp3) is 0.409. The highest BCUT2D eigenvalue weighted by molar-refractivity contribution is 9.10. The van der Waals surface area contributed by atoms with Crippen molar-refractivity contribution in [3.63, 3.8) is 0 Å². The van der Waals surface area contributed by atoms with Crippen LogP contribution in [0.1, 0.15) is 41.8 Å². The summed E-state index contributed by atoms with van der Waals surface area (Å²) in [5, 5.41) is 0. The number of rotatable bonds is 4. The quantitative estimate of drug-likeness (QED) is 0.630. The number of carbonyl (C=O) groups excluding carboxylic acids is 2. The Morgan fingerprint density at radius 1 is 1.17 bits per heavy atom. The van der Waals surface area contributed by atoms with E-state index >= 15 is 0 Å². The van der Waals surface area contributed by atoms with Gasteiger partial charge in [-0.25, -0.2) is 9.78 Å². The molecule has 0 spiro atoms. The molecule has 0 radical (unpaired) electrons. The molecule has 7 nitrogen and oxygen atoms in total. The van der Waals surface area contributed by atoms with Gasteiger partial charge in [0.1, 0.15) is 5.56 Å². The molecule has 0 saturated carbocycles. The number of hydrogen-bond acceptors (Lipinski definition) is 5. The summed E-state index contributed by atoms with van der Waals surface area (Å²) >= 11 is 3.38. The minimum Gasteiger partial charge on any atom is -0.480 e. The van der Waals surface area contributed by atoms with Gasteiger partial charge in [0.15, 0.2) is 0 Å². The Morgan fingerprint density at radius 2 is 1.83 bits per heavy atom. The van der Waals surface area contributed by atoms with Crippen molar-refractivity contribution in [3.8, 4) is 5.88 Å². The van der Waals surface area contributed by atoms with Gasteiger partial charge < -0.3 is 14.4 Å². The maximum Gasteiger partial charge on any atom is 0.414 e. The van der Waals surface area contributed by atoms with Gasteiger partial charge in [-0.1, -0.05) is 6.92 Å². The van der Waals surface area contributed by atoms with Gasteiger partial charge in [-0.05, 0) is 72.4 Å². The number of pyridine rings is 1. The number of aryl methyl sites for hydroxylation is 2. The highest BCUT2D eigenvalue weighted by Gasteiger charge is 2.38. The highest BCUT2D eigenvalue weighted by Crippen LogP contribution is 2.40. The van der Waals surface area contributed by atoms with E-state index < -0.39 is 6.09 Å². The molecule has 1 aromatic heterocycles. The Balaban J connectivity index is 2.16. The van der Waals surface area contributed by atoms with E-state index in [0.29, 0.717) is 34.4 Å². The van der Waals surface area contributed by atoms with Gasteiger partial charge in [0.05, 0.1) is 31.1 Å². The Labute approximate surface area is 185 Å². The zero-order valence-corrected chi connectivity index (χ0v) is 19.4. The minimum atomic E-state index is -0.400. The Kier molecular flexibility index (Phi) is 6.65. The molecule has 0 N–H and O–H groups in total. The van der Waals surface area contributed by atoms with E-state index in [1.807, 2.05) is 32.9 Å². The lowest BCUT2D eigenvalue weighted by molar-refractivity contribution is 0.0977. The summed E-state index contributed by atoms with van der Waals surface area (Å²) in [5.74, 6) is 0.0292. The fourth-order valence-corrected chi connectivity index (χ4v) is 3.95. The third-order valence-corrected chi connectivity index (χ3v) is 5.76. The number of methoxy groups -OCH3 is 1. The summed E-state index contributed by atoms with van der Waals surface area (Å²) in [6.07, 6.45) is 1.86. The molecule has 0 fully saturated rings. The molecule has 1 aliphatic heterocycles. The lowest BCUT2D eigenvalue weighted by Gasteiger charge is -2.42.